The van der Waals surface area contributed by atoms with E-state index in [2.05, 4.69) is 44.8 Å². The summed E-state index contributed by atoms with van der Waals surface area (Å²) < 4.78 is 10.8. The van der Waals surface area contributed by atoms with Gasteiger partial charge in [0, 0.05) is 53.0 Å². The standard InChI is InChI=1S/C20H34N4O2/c1-3-25-12-5-4-9-22-20(21-2)23-16-18-7-6-8-19(15-18)17-24-10-13-26-14-11-24/h6-8,15H,3-5,9-14,16-17H2,1-2H3,(H2,21,22,23). The lowest BCUT2D eigenvalue weighted by molar-refractivity contribution is 0.0342. The number of unbranched alkanes of at least 4 members (excludes halogenated alkanes) is 1. The Labute approximate surface area is 158 Å². The van der Waals surface area contributed by atoms with Crippen molar-refractivity contribution < 1.29 is 9.47 Å². The van der Waals surface area contributed by atoms with Gasteiger partial charge < -0.3 is 20.1 Å². The van der Waals surface area contributed by atoms with Crippen LogP contribution in [0, 0.1) is 0 Å². The predicted molar refractivity (Wildman–Crippen MR) is 106 cm³/mol. The maximum atomic E-state index is 5.42. The topological polar surface area (TPSA) is 58.1 Å². The first-order valence-electron chi connectivity index (χ1n) is 9.72. The van der Waals surface area contributed by atoms with Crippen LogP contribution >= 0.6 is 0 Å². The van der Waals surface area contributed by atoms with Gasteiger partial charge in [-0.25, -0.2) is 0 Å². The van der Waals surface area contributed by atoms with Crippen LogP contribution in [0.5, 0.6) is 0 Å². The van der Waals surface area contributed by atoms with Crippen molar-refractivity contribution in [2.75, 3.05) is 53.1 Å². The summed E-state index contributed by atoms with van der Waals surface area (Å²) in [7, 11) is 1.81. The first-order chi connectivity index (χ1) is 12.8. The number of benzene rings is 1. The van der Waals surface area contributed by atoms with E-state index >= 15 is 0 Å². The fraction of sp³-hybridized carbons (Fsp3) is 0.650. The Morgan fingerprint density at radius 1 is 1.19 bits per heavy atom. The molecule has 0 aliphatic carbocycles. The average molecular weight is 363 g/mol. The monoisotopic (exact) mass is 362 g/mol. The molecule has 146 valence electrons. The van der Waals surface area contributed by atoms with Gasteiger partial charge in [0.25, 0.3) is 0 Å². The molecule has 26 heavy (non-hydrogen) atoms. The lowest BCUT2D eigenvalue weighted by atomic mass is 10.1. The maximum absolute atomic E-state index is 5.42. The molecule has 1 aliphatic heterocycles. The molecule has 0 spiro atoms. The highest BCUT2D eigenvalue weighted by Gasteiger charge is 2.10. The smallest absolute Gasteiger partial charge is 0.191 e. The molecule has 6 heteroatoms. The third-order valence-corrected chi connectivity index (χ3v) is 4.40. The van der Waals surface area contributed by atoms with Crippen LogP contribution < -0.4 is 10.6 Å². The number of nitrogens with one attached hydrogen (secondary N) is 2. The molecule has 2 N–H and O–H groups in total. The zero-order valence-corrected chi connectivity index (χ0v) is 16.3. The Kier molecular flexibility index (Phi) is 10.1. The van der Waals surface area contributed by atoms with Gasteiger partial charge in [-0.3, -0.25) is 9.89 Å². The summed E-state index contributed by atoms with van der Waals surface area (Å²) in [5.74, 6) is 0.847. The van der Waals surface area contributed by atoms with Gasteiger partial charge in [-0.1, -0.05) is 24.3 Å². The van der Waals surface area contributed by atoms with Crippen molar-refractivity contribution in [1.82, 2.24) is 15.5 Å². The van der Waals surface area contributed by atoms with Crippen LogP contribution in [0.1, 0.15) is 30.9 Å². The normalized spacial score (nSPS) is 15.8. The minimum absolute atomic E-state index is 0.773. The minimum atomic E-state index is 0.773. The Morgan fingerprint density at radius 3 is 2.77 bits per heavy atom. The molecule has 0 bridgehead atoms. The van der Waals surface area contributed by atoms with Gasteiger partial charge in [-0.2, -0.15) is 0 Å². The Morgan fingerprint density at radius 2 is 2.00 bits per heavy atom. The molecule has 0 unspecified atom stereocenters. The van der Waals surface area contributed by atoms with Crippen LogP contribution in [0.4, 0.5) is 0 Å². The van der Waals surface area contributed by atoms with Gasteiger partial charge in [0.1, 0.15) is 0 Å². The molecule has 1 aliphatic rings. The summed E-state index contributed by atoms with van der Waals surface area (Å²) >= 11 is 0. The summed E-state index contributed by atoms with van der Waals surface area (Å²) in [6.45, 7) is 10.0. The number of nitrogens with zero attached hydrogens (tertiary/aromatic N) is 2. The van der Waals surface area contributed by atoms with Crippen molar-refractivity contribution in [3.8, 4) is 0 Å². The van der Waals surface area contributed by atoms with Crippen LogP contribution in [0.25, 0.3) is 0 Å². The Hall–Kier alpha value is -1.63. The molecule has 1 aromatic carbocycles. The van der Waals surface area contributed by atoms with E-state index in [4.69, 9.17) is 9.47 Å². The first kappa shape index (κ1) is 20.7. The molecular formula is C20H34N4O2. The second-order valence-electron chi connectivity index (χ2n) is 6.47. The van der Waals surface area contributed by atoms with E-state index in [-0.39, 0.29) is 0 Å². The molecule has 1 aromatic rings. The summed E-state index contributed by atoms with van der Waals surface area (Å²) in [6.07, 6.45) is 2.15. The number of ether oxygens (including phenoxy) is 2. The predicted octanol–water partition coefficient (Wildman–Crippen LogP) is 2.00. The molecule has 0 aromatic heterocycles. The third kappa shape index (κ3) is 8.17. The van der Waals surface area contributed by atoms with Crippen LogP contribution in [-0.2, 0) is 22.6 Å². The van der Waals surface area contributed by atoms with E-state index < -0.39 is 0 Å². The highest BCUT2D eigenvalue weighted by Crippen LogP contribution is 2.10. The van der Waals surface area contributed by atoms with Crippen molar-refractivity contribution in [2.45, 2.75) is 32.9 Å². The minimum Gasteiger partial charge on any atom is -0.382 e. The van der Waals surface area contributed by atoms with E-state index in [9.17, 15) is 0 Å². The van der Waals surface area contributed by atoms with E-state index in [1.165, 1.54) is 11.1 Å². The number of aliphatic imine (C=N–C) groups is 1. The average Bonchev–Trinajstić information content (AvgIpc) is 2.68. The van der Waals surface area contributed by atoms with Crippen molar-refractivity contribution in [3.05, 3.63) is 35.4 Å². The largest absolute Gasteiger partial charge is 0.382 e. The molecule has 2 rings (SSSR count). The number of guanidine groups is 1. The van der Waals surface area contributed by atoms with Crippen molar-refractivity contribution in [1.29, 1.82) is 0 Å². The number of hydrogen-bond acceptors (Lipinski definition) is 4. The van der Waals surface area contributed by atoms with Gasteiger partial charge in [0.15, 0.2) is 5.96 Å². The van der Waals surface area contributed by atoms with Crippen LogP contribution in [0.2, 0.25) is 0 Å². The molecule has 1 fully saturated rings. The zero-order chi connectivity index (χ0) is 18.5. The Bertz CT molecular complexity index is 530. The second kappa shape index (κ2) is 12.7. The van der Waals surface area contributed by atoms with E-state index in [1.54, 1.807) is 0 Å². The highest BCUT2D eigenvalue weighted by molar-refractivity contribution is 5.79. The molecule has 0 saturated carbocycles. The second-order valence-corrected chi connectivity index (χ2v) is 6.47. The van der Waals surface area contributed by atoms with Gasteiger partial charge in [0.05, 0.1) is 13.2 Å². The quantitative estimate of drug-likeness (QED) is 0.379. The maximum Gasteiger partial charge on any atom is 0.191 e. The molecule has 0 amide bonds. The van der Waals surface area contributed by atoms with E-state index in [0.29, 0.717) is 0 Å². The molecule has 0 radical (unpaired) electrons. The first-order valence-corrected chi connectivity index (χ1v) is 9.72. The van der Waals surface area contributed by atoms with Crippen LogP contribution in [0.15, 0.2) is 29.3 Å². The molecular weight excluding hydrogens is 328 g/mol. The Balaban J connectivity index is 1.70. The fourth-order valence-electron chi connectivity index (χ4n) is 2.94. The summed E-state index contributed by atoms with van der Waals surface area (Å²) in [4.78, 5) is 6.74. The zero-order valence-electron chi connectivity index (χ0n) is 16.3. The van der Waals surface area contributed by atoms with Gasteiger partial charge in [0.2, 0.25) is 0 Å². The SMILES string of the molecule is CCOCCCCNC(=NC)NCc1cccc(CN2CCOCC2)c1. The van der Waals surface area contributed by atoms with Crippen LogP contribution in [-0.4, -0.2) is 64.0 Å². The van der Waals surface area contributed by atoms with E-state index in [0.717, 1.165) is 78.0 Å². The summed E-state index contributed by atoms with van der Waals surface area (Å²) in [5, 5.41) is 6.75. The summed E-state index contributed by atoms with van der Waals surface area (Å²) in [5.41, 5.74) is 2.63. The lowest BCUT2D eigenvalue weighted by Crippen LogP contribution is -2.37. The van der Waals surface area contributed by atoms with Gasteiger partial charge in [-0.15, -0.1) is 0 Å². The summed E-state index contributed by atoms with van der Waals surface area (Å²) in [6, 6.07) is 8.77. The number of rotatable bonds is 10. The third-order valence-electron chi connectivity index (χ3n) is 4.40. The van der Waals surface area contributed by atoms with Crippen molar-refractivity contribution >= 4 is 5.96 Å². The number of morpholine rings is 1. The fourth-order valence-corrected chi connectivity index (χ4v) is 2.94. The van der Waals surface area contributed by atoms with Crippen molar-refractivity contribution in [3.63, 3.8) is 0 Å². The molecule has 0 atom stereocenters. The van der Waals surface area contributed by atoms with Crippen molar-refractivity contribution in [2.24, 2.45) is 4.99 Å². The van der Waals surface area contributed by atoms with Crippen LogP contribution in [0.3, 0.4) is 0 Å². The number of hydrogen-bond donors (Lipinski definition) is 2. The van der Waals surface area contributed by atoms with Gasteiger partial charge >= 0.3 is 0 Å². The van der Waals surface area contributed by atoms with E-state index in [1.807, 2.05) is 14.0 Å². The molecule has 1 saturated heterocycles. The lowest BCUT2D eigenvalue weighted by Gasteiger charge is -2.26. The highest BCUT2D eigenvalue weighted by atomic mass is 16.5. The molecule has 6 nitrogen and oxygen atoms in total. The van der Waals surface area contributed by atoms with Gasteiger partial charge in [-0.05, 0) is 30.9 Å². The molecule has 1 heterocycles.